The molecule has 0 bridgehead atoms. The molecule has 3 unspecified atom stereocenters. The second kappa shape index (κ2) is 4.48. The first-order valence-corrected chi connectivity index (χ1v) is 5.75. The molecule has 0 spiro atoms. The highest BCUT2D eigenvalue weighted by molar-refractivity contribution is 5.94. The molecule has 2 heteroatoms. The molecule has 0 amide bonds. The van der Waals surface area contributed by atoms with Crippen molar-refractivity contribution in [2.45, 2.75) is 46.1 Å². The summed E-state index contributed by atoms with van der Waals surface area (Å²) >= 11 is 0. The fraction of sp³-hybridized carbons (Fsp3) is 0.769. The SMILES string of the molecule is C=CC(=O)C1(C)CCC(C(C)C)C(O)C1. The van der Waals surface area contributed by atoms with Crippen LogP contribution in [0.2, 0.25) is 0 Å². The van der Waals surface area contributed by atoms with Gasteiger partial charge in [0.2, 0.25) is 0 Å². The Kier molecular flexibility index (Phi) is 3.72. The van der Waals surface area contributed by atoms with Crippen LogP contribution in [0.25, 0.3) is 0 Å². The van der Waals surface area contributed by atoms with Gasteiger partial charge in [0.15, 0.2) is 5.78 Å². The van der Waals surface area contributed by atoms with E-state index in [0.717, 1.165) is 12.8 Å². The molecule has 1 rings (SSSR count). The lowest BCUT2D eigenvalue weighted by molar-refractivity contribution is -0.129. The van der Waals surface area contributed by atoms with Crippen LogP contribution in [0.3, 0.4) is 0 Å². The van der Waals surface area contributed by atoms with E-state index in [9.17, 15) is 9.90 Å². The summed E-state index contributed by atoms with van der Waals surface area (Å²) < 4.78 is 0. The first-order chi connectivity index (χ1) is 6.90. The van der Waals surface area contributed by atoms with E-state index in [-0.39, 0.29) is 17.3 Å². The van der Waals surface area contributed by atoms with E-state index in [1.165, 1.54) is 6.08 Å². The van der Waals surface area contributed by atoms with Crippen LogP contribution in [-0.2, 0) is 4.79 Å². The summed E-state index contributed by atoms with van der Waals surface area (Å²) in [6, 6.07) is 0. The minimum absolute atomic E-state index is 0.0729. The lowest BCUT2D eigenvalue weighted by Gasteiger charge is -2.40. The van der Waals surface area contributed by atoms with Crippen molar-refractivity contribution < 1.29 is 9.90 Å². The summed E-state index contributed by atoms with van der Waals surface area (Å²) in [7, 11) is 0. The van der Waals surface area contributed by atoms with Crippen molar-refractivity contribution in [3.63, 3.8) is 0 Å². The zero-order valence-corrected chi connectivity index (χ0v) is 9.99. The smallest absolute Gasteiger partial charge is 0.161 e. The number of allylic oxidation sites excluding steroid dienone is 1. The molecular weight excluding hydrogens is 188 g/mol. The molecule has 1 saturated carbocycles. The molecule has 1 fully saturated rings. The molecular formula is C13H22O2. The molecule has 1 aliphatic carbocycles. The van der Waals surface area contributed by atoms with Crippen molar-refractivity contribution in [3.05, 3.63) is 12.7 Å². The van der Waals surface area contributed by atoms with Gasteiger partial charge >= 0.3 is 0 Å². The Morgan fingerprint density at radius 2 is 2.20 bits per heavy atom. The van der Waals surface area contributed by atoms with Crippen molar-refractivity contribution in [3.8, 4) is 0 Å². The van der Waals surface area contributed by atoms with Crippen molar-refractivity contribution >= 4 is 5.78 Å². The van der Waals surface area contributed by atoms with Crippen LogP contribution in [-0.4, -0.2) is 17.0 Å². The van der Waals surface area contributed by atoms with Crippen LogP contribution in [0.1, 0.15) is 40.0 Å². The number of aliphatic hydroxyl groups excluding tert-OH is 1. The Balaban J connectivity index is 2.72. The Hall–Kier alpha value is -0.630. The summed E-state index contributed by atoms with van der Waals surface area (Å²) in [6.45, 7) is 9.73. The van der Waals surface area contributed by atoms with Gasteiger partial charge in [0.1, 0.15) is 0 Å². The van der Waals surface area contributed by atoms with Crippen molar-refractivity contribution in [2.24, 2.45) is 17.3 Å². The minimum atomic E-state index is -0.382. The maximum atomic E-state index is 11.7. The van der Waals surface area contributed by atoms with Crippen LogP contribution in [0.4, 0.5) is 0 Å². The number of rotatable bonds is 3. The van der Waals surface area contributed by atoms with E-state index in [0.29, 0.717) is 18.3 Å². The topological polar surface area (TPSA) is 37.3 Å². The average molecular weight is 210 g/mol. The van der Waals surface area contributed by atoms with Gasteiger partial charge in [-0.25, -0.2) is 0 Å². The molecule has 0 heterocycles. The van der Waals surface area contributed by atoms with Gasteiger partial charge in [-0.2, -0.15) is 0 Å². The second-order valence-electron chi connectivity index (χ2n) is 5.35. The normalized spacial score (nSPS) is 36.6. The van der Waals surface area contributed by atoms with Crippen LogP contribution in [0.15, 0.2) is 12.7 Å². The highest BCUT2D eigenvalue weighted by Crippen LogP contribution is 2.42. The third-order valence-corrected chi connectivity index (χ3v) is 3.82. The van der Waals surface area contributed by atoms with Gasteiger partial charge in [-0.1, -0.05) is 27.4 Å². The largest absolute Gasteiger partial charge is 0.393 e. The number of carbonyl (C=O) groups excluding carboxylic acids is 1. The number of aliphatic hydroxyl groups is 1. The Labute approximate surface area is 92.4 Å². The van der Waals surface area contributed by atoms with Crippen LogP contribution >= 0.6 is 0 Å². The Bertz CT molecular complexity index is 257. The van der Waals surface area contributed by atoms with Crippen LogP contribution in [0.5, 0.6) is 0 Å². The zero-order valence-electron chi connectivity index (χ0n) is 9.99. The predicted molar refractivity (Wildman–Crippen MR) is 61.5 cm³/mol. The van der Waals surface area contributed by atoms with Crippen LogP contribution in [0, 0.1) is 17.3 Å². The molecule has 1 aliphatic rings. The zero-order chi connectivity index (χ0) is 11.6. The fourth-order valence-electron chi connectivity index (χ4n) is 2.64. The summed E-state index contributed by atoms with van der Waals surface area (Å²) in [5.74, 6) is 0.905. The monoisotopic (exact) mass is 210 g/mol. The highest BCUT2D eigenvalue weighted by Gasteiger charge is 2.41. The molecule has 0 aromatic carbocycles. The predicted octanol–water partition coefficient (Wildman–Crippen LogP) is 2.56. The van der Waals surface area contributed by atoms with Gasteiger partial charge in [0.25, 0.3) is 0 Å². The molecule has 86 valence electrons. The maximum absolute atomic E-state index is 11.7. The number of carbonyl (C=O) groups is 1. The molecule has 2 nitrogen and oxygen atoms in total. The van der Waals surface area contributed by atoms with Crippen molar-refractivity contribution in [2.75, 3.05) is 0 Å². The summed E-state index contributed by atoms with van der Waals surface area (Å²) in [5, 5.41) is 10.0. The quantitative estimate of drug-likeness (QED) is 0.727. The summed E-state index contributed by atoms with van der Waals surface area (Å²) in [4.78, 5) is 11.7. The van der Waals surface area contributed by atoms with Gasteiger partial charge in [-0.05, 0) is 37.2 Å². The molecule has 0 aromatic rings. The first kappa shape index (κ1) is 12.4. The van der Waals surface area contributed by atoms with Gasteiger partial charge in [0, 0.05) is 5.41 Å². The lowest BCUT2D eigenvalue weighted by Crippen LogP contribution is -2.41. The van der Waals surface area contributed by atoms with E-state index in [2.05, 4.69) is 20.4 Å². The lowest BCUT2D eigenvalue weighted by atomic mass is 9.65. The highest BCUT2D eigenvalue weighted by atomic mass is 16.3. The van der Waals surface area contributed by atoms with Crippen molar-refractivity contribution in [1.82, 2.24) is 0 Å². The van der Waals surface area contributed by atoms with E-state index in [4.69, 9.17) is 0 Å². The van der Waals surface area contributed by atoms with Crippen LogP contribution < -0.4 is 0 Å². The fourth-order valence-corrected chi connectivity index (χ4v) is 2.64. The van der Waals surface area contributed by atoms with Gasteiger partial charge in [0.05, 0.1) is 6.10 Å². The van der Waals surface area contributed by atoms with E-state index < -0.39 is 0 Å². The van der Waals surface area contributed by atoms with Gasteiger partial charge in [-0.15, -0.1) is 0 Å². The standard InChI is InChI=1S/C13H22O2/c1-5-12(15)13(4)7-6-10(9(2)3)11(14)8-13/h5,9-11,14H,1,6-8H2,2-4H3. The third-order valence-electron chi connectivity index (χ3n) is 3.82. The van der Waals surface area contributed by atoms with E-state index in [1.54, 1.807) is 0 Å². The number of hydrogen-bond donors (Lipinski definition) is 1. The number of hydrogen-bond acceptors (Lipinski definition) is 2. The molecule has 0 saturated heterocycles. The minimum Gasteiger partial charge on any atom is -0.393 e. The molecule has 1 N–H and O–H groups in total. The number of ketones is 1. The summed E-state index contributed by atoms with van der Waals surface area (Å²) in [6.07, 6.45) is 3.45. The average Bonchev–Trinajstić information content (AvgIpc) is 2.15. The maximum Gasteiger partial charge on any atom is 0.161 e. The van der Waals surface area contributed by atoms with E-state index in [1.807, 2.05) is 6.92 Å². The third kappa shape index (κ3) is 2.49. The molecule has 3 atom stereocenters. The van der Waals surface area contributed by atoms with Gasteiger partial charge in [-0.3, -0.25) is 4.79 Å². The van der Waals surface area contributed by atoms with E-state index >= 15 is 0 Å². The van der Waals surface area contributed by atoms with Gasteiger partial charge < -0.3 is 5.11 Å². The molecule has 0 radical (unpaired) electrons. The Morgan fingerprint density at radius 1 is 1.60 bits per heavy atom. The molecule has 0 aromatic heterocycles. The first-order valence-electron chi connectivity index (χ1n) is 5.75. The second-order valence-corrected chi connectivity index (χ2v) is 5.35. The summed E-state index contributed by atoms with van der Waals surface area (Å²) in [5.41, 5.74) is -0.382. The van der Waals surface area contributed by atoms with Crippen molar-refractivity contribution in [1.29, 1.82) is 0 Å². The molecule has 15 heavy (non-hydrogen) atoms. The molecule has 0 aliphatic heterocycles. The Morgan fingerprint density at radius 3 is 2.60 bits per heavy atom.